The second kappa shape index (κ2) is 6.43. The summed E-state index contributed by atoms with van der Waals surface area (Å²) in [6.07, 6.45) is 1.15. The lowest BCUT2D eigenvalue weighted by atomic mass is 9.89. The van der Waals surface area contributed by atoms with Crippen LogP contribution >= 0.6 is 11.8 Å². The number of fused-ring (bicyclic) bond motifs is 3. The van der Waals surface area contributed by atoms with E-state index in [0.717, 1.165) is 43.2 Å². The molecule has 5 rings (SSSR count). The normalized spacial score (nSPS) is 24.0. The highest BCUT2D eigenvalue weighted by Gasteiger charge is 2.41. The van der Waals surface area contributed by atoms with Crippen LogP contribution in [0.3, 0.4) is 0 Å². The zero-order valence-electron chi connectivity index (χ0n) is 14.4. The number of halogens is 2. The molecule has 1 saturated heterocycles. The highest BCUT2D eigenvalue weighted by Crippen LogP contribution is 2.48. The van der Waals surface area contributed by atoms with Gasteiger partial charge in [-0.2, -0.15) is 11.8 Å². The number of rotatable bonds is 2. The lowest BCUT2D eigenvalue weighted by Crippen LogP contribution is -2.44. The van der Waals surface area contributed by atoms with E-state index >= 15 is 0 Å². The summed E-state index contributed by atoms with van der Waals surface area (Å²) in [6, 6.07) is 8.67. The zero-order chi connectivity index (χ0) is 17.7. The van der Waals surface area contributed by atoms with Crippen molar-refractivity contribution in [1.29, 1.82) is 0 Å². The van der Waals surface area contributed by atoms with Crippen molar-refractivity contribution in [3.8, 4) is 0 Å². The molecule has 1 fully saturated rings. The van der Waals surface area contributed by atoms with Gasteiger partial charge in [0, 0.05) is 47.9 Å². The Bertz CT molecular complexity index is 837. The molecule has 2 aromatic carbocycles. The van der Waals surface area contributed by atoms with Crippen LogP contribution < -0.4 is 15.5 Å². The summed E-state index contributed by atoms with van der Waals surface area (Å²) in [5.41, 5.74) is 4.67. The number of para-hydroxylation sites is 1. The minimum absolute atomic E-state index is 0.0749. The maximum atomic E-state index is 14.1. The number of benzene rings is 2. The Morgan fingerprint density at radius 3 is 2.88 bits per heavy atom. The van der Waals surface area contributed by atoms with Crippen molar-refractivity contribution < 1.29 is 8.78 Å². The van der Waals surface area contributed by atoms with Crippen molar-refractivity contribution in [1.82, 2.24) is 5.32 Å². The van der Waals surface area contributed by atoms with Gasteiger partial charge in [-0.3, -0.25) is 0 Å². The molecule has 2 atom stereocenters. The van der Waals surface area contributed by atoms with Crippen LogP contribution in [0.5, 0.6) is 0 Å². The predicted octanol–water partition coefficient (Wildman–Crippen LogP) is 4.22. The number of piperidine rings is 1. The van der Waals surface area contributed by atoms with E-state index < -0.39 is 11.6 Å². The first-order valence-corrected chi connectivity index (χ1v) is 10.3. The summed E-state index contributed by atoms with van der Waals surface area (Å²) in [4.78, 5) is 2.59. The van der Waals surface area contributed by atoms with Crippen molar-refractivity contribution in [2.75, 3.05) is 35.6 Å². The van der Waals surface area contributed by atoms with Crippen molar-refractivity contribution in [3.05, 3.63) is 53.1 Å². The van der Waals surface area contributed by atoms with E-state index in [1.165, 1.54) is 35.0 Å². The largest absolute Gasteiger partial charge is 0.367 e. The topological polar surface area (TPSA) is 27.3 Å². The van der Waals surface area contributed by atoms with Crippen molar-refractivity contribution in [2.24, 2.45) is 0 Å². The lowest BCUT2D eigenvalue weighted by Gasteiger charge is -2.33. The quantitative estimate of drug-likeness (QED) is 0.824. The number of hydrogen-bond acceptors (Lipinski definition) is 4. The van der Waals surface area contributed by atoms with Gasteiger partial charge in [-0.15, -0.1) is 0 Å². The molecule has 2 N–H and O–H groups in total. The van der Waals surface area contributed by atoms with Gasteiger partial charge in [0.25, 0.3) is 0 Å². The van der Waals surface area contributed by atoms with Gasteiger partial charge in [0.1, 0.15) is 17.3 Å². The minimum Gasteiger partial charge on any atom is -0.367 e. The fourth-order valence-electron chi connectivity index (χ4n) is 4.62. The Hall–Kier alpha value is -1.79. The van der Waals surface area contributed by atoms with Crippen LogP contribution in [0.25, 0.3) is 0 Å². The SMILES string of the molecule is Fc1cccc(F)c1Nc1cc2c3c(c1)C1CNCCC1N3CCSC2. The molecule has 0 spiro atoms. The number of hydrogen-bond donors (Lipinski definition) is 2. The van der Waals surface area contributed by atoms with Crippen molar-refractivity contribution >= 4 is 28.8 Å². The molecule has 3 aliphatic rings. The van der Waals surface area contributed by atoms with Crippen LogP contribution in [0.15, 0.2) is 30.3 Å². The fourth-order valence-corrected chi connectivity index (χ4v) is 5.53. The van der Waals surface area contributed by atoms with Crippen LogP contribution in [0.4, 0.5) is 25.8 Å². The lowest BCUT2D eigenvalue weighted by molar-refractivity contribution is 0.406. The van der Waals surface area contributed by atoms with Gasteiger partial charge in [0.05, 0.1) is 0 Å². The highest BCUT2D eigenvalue weighted by atomic mass is 32.2. The molecule has 136 valence electrons. The number of nitrogens with zero attached hydrogens (tertiary/aromatic N) is 1. The van der Waals surface area contributed by atoms with Crippen LogP contribution in [0.1, 0.15) is 23.5 Å². The molecule has 3 nitrogen and oxygen atoms in total. The molecule has 0 bridgehead atoms. The highest BCUT2D eigenvalue weighted by molar-refractivity contribution is 7.98. The molecule has 26 heavy (non-hydrogen) atoms. The molecule has 2 aromatic rings. The van der Waals surface area contributed by atoms with E-state index in [9.17, 15) is 8.78 Å². The molecule has 0 radical (unpaired) electrons. The Morgan fingerprint density at radius 2 is 2.04 bits per heavy atom. The van der Waals surface area contributed by atoms with Gasteiger partial charge in [0.2, 0.25) is 0 Å². The number of thioether (sulfide) groups is 1. The van der Waals surface area contributed by atoms with Crippen LogP contribution in [-0.2, 0) is 5.75 Å². The first-order chi connectivity index (χ1) is 12.7. The maximum Gasteiger partial charge on any atom is 0.149 e. The predicted molar refractivity (Wildman–Crippen MR) is 104 cm³/mol. The smallest absolute Gasteiger partial charge is 0.149 e. The van der Waals surface area contributed by atoms with Crippen LogP contribution in [0.2, 0.25) is 0 Å². The van der Waals surface area contributed by atoms with E-state index in [1.807, 2.05) is 11.8 Å². The Morgan fingerprint density at radius 1 is 1.19 bits per heavy atom. The van der Waals surface area contributed by atoms with Crippen molar-refractivity contribution in [2.45, 2.75) is 24.1 Å². The maximum absolute atomic E-state index is 14.1. The summed E-state index contributed by atoms with van der Waals surface area (Å²) in [6.45, 7) is 3.11. The molecule has 0 amide bonds. The molecule has 6 heteroatoms. The van der Waals surface area contributed by atoms with Gasteiger partial charge in [-0.1, -0.05) is 6.07 Å². The first-order valence-electron chi connectivity index (χ1n) is 9.15. The molecule has 3 heterocycles. The number of anilines is 3. The monoisotopic (exact) mass is 373 g/mol. The van der Waals surface area contributed by atoms with Gasteiger partial charge < -0.3 is 15.5 Å². The average Bonchev–Trinajstić information content (AvgIpc) is 2.81. The molecular formula is C20H21F2N3S. The third-order valence-electron chi connectivity index (χ3n) is 5.72. The number of nitrogens with one attached hydrogen (secondary N) is 2. The minimum atomic E-state index is -0.565. The average molecular weight is 373 g/mol. The second-order valence-corrected chi connectivity index (χ2v) is 8.31. The van der Waals surface area contributed by atoms with Gasteiger partial charge in [0.15, 0.2) is 0 Å². The van der Waals surface area contributed by atoms with Gasteiger partial charge >= 0.3 is 0 Å². The van der Waals surface area contributed by atoms with Crippen LogP contribution in [-0.4, -0.2) is 31.4 Å². The first kappa shape index (κ1) is 16.4. The van der Waals surface area contributed by atoms with Crippen LogP contribution in [0, 0.1) is 11.6 Å². The Balaban J connectivity index is 1.59. The van der Waals surface area contributed by atoms with Gasteiger partial charge in [-0.05, 0) is 48.4 Å². The Kier molecular flexibility index (Phi) is 4.05. The molecule has 0 aromatic heterocycles. The summed E-state index contributed by atoms with van der Waals surface area (Å²) in [5, 5.41) is 6.51. The van der Waals surface area contributed by atoms with Crippen molar-refractivity contribution in [3.63, 3.8) is 0 Å². The molecular weight excluding hydrogens is 352 g/mol. The summed E-state index contributed by atoms with van der Waals surface area (Å²) >= 11 is 1.93. The summed E-state index contributed by atoms with van der Waals surface area (Å²) in [7, 11) is 0. The van der Waals surface area contributed by atoms with E-state index in [1.54, 1.807) is 0 Å². The Labute approximate surface area is 156 Å². The van der Waals surface area contributed by atoms with Gasteiger partial charge in [-0.25, -0.2) is 8.78 Å². The molecule has 3 aliphatic heterocycles. The van der Waals surface area contributed by atoms with E-state index in [2.05, 4.69) is 27.7 Å². The summed E-state index contributed by atoms with van der Waals surface area (Å²) < 4.78 is 28.1. The standard InChI is InChI=1S/C20H21F2N3S/c21-16-2-1-3-17(22)19(16)24-13-8-12-11-26-7-6-25-18-4-5-23-10-15(18)14(9-13)20(12)25/h1-3,8-9,15,18,23-24H,4-7,10-11H2. The molecule has 2 unspecified atom stereocenters. The van der Waals surface area contributed by atoms with E-state index in [4.69, 9.17) is 0 Å². The second-order valence-electron chi connectivity index (χ2n) is 7.21. The summed E-state index contributed by atoms with van der Waals surface area (Å²) in [5.74, 6) is 1.39. The third kappa shape index (κ3) is 2.58. The van der Waals surface area contributed by atoms with E-state index in [0.29, 0.717) is 12.0 Å². The molecule has 0 aliphatic carbocycles. The fraction of sp³-hybridized carbons (Fsp3) is 0.400. The van der Waals surface area contributed by atoms with E-state index in [-0.39, 0.29) is 5.69 Å². The molecule has 0 saturated carbocycles. The third-order valence-corrected chi connectivity index (χ3v) is 6.70. The zero-order valence-corrected chi connectivity index (χ0v) is 15.2.